The van der Waals surface area contributed by atoms with Gasteiger partial charge in [0.1, 0.15) is 0 Å². The lowest BCUT2D eigenvalue weighted by Gasteiger charge is -2.46. The largest absolute Gasteiger partial charge is 0.335 e. The van der Waals surface area contributed by atoms with Crippen molar-refractivity contribution in [1.82, 2.24) is 5.32 Å². The van der Waals surface area contributed by atoms with E-state index in [1.54, 1.807) is 0 Å². The molecule has 0 aromatic heterocycles. The van der Waals surface area contributed by atoms with Crippen LogP contribution in [0, 0.1) is 0 Å². The Labute approximate surface area is 120 Å². The van der Waals surface area contributed by atoms with Gasteiger partial charge in [0.25, 0.3) is 0 Å². The zero-order chi connectivity index (χ0) is 14.4. The Balaban J connectivity index is 0.000000300. The van der Waals surface area contributed by atoms with Crippen LogP contribution >= 0.6 is 10.3 Å². The lowest BCUT2D eigenvalue weighted by atomic mass is 10.3. The van der Waals surface area contributed by atoms with Gasteiger partial charge < -0.3 is 9.50 Å². The number of hydrogen-bond acceptors (Lipinski definition) is 2. The molecule has 2 rings (SSSR count). The molecule has 1 aliphatic rings. The quantitative estimate of drug-likeness (QED) is 0.878. The van der Waals surface area contributed by atoms with Crippen LogP contribution in [-0.2, 0) is 4.18 Å². The number of benzene rings is 1. The van der Waals surface area contributed by atoms with Crippen LogP contribution in [0.25, 0.3) is 0 Å². The highest BCUT2D eigenvalue weighted by molar-refractivity contribution is 8.30. The van der Waals surface area contributed by atoms with E-state index in [4.69, 9.17) is 4.18 Å². The van der Waals surface area contributed by atoms with Gasteiger partial charge in [-0.1, -0.05) is 39.0 Å². The normalized spacial score (nSPS) is 20.1. The number of rotatable bonds is 2. The van der Waals surface area contributed by atoms with Crippen molar-refractivity contribution < 1.29 is 4.18 Å². The summed E-state index contributed by atoms with van der Waals surface area (Å²) in [5, 5.41) is 3.22. The van der Waals surface area contributed by atoms with E-state index in [1.165, 1.54) is 30.8 Å². The molecule has 1 atom stereocenters. The van der Waals surface area contributed by atoms with Crippen molar-refractivity contribution in [2.45, 2.75) is 43.3 Å². The molecule has 0 amide bonds. The van der Waals surface area contributed by atoms with Crippen molar-refractivity contribution in [3.8, 4) is 0 Å². The maximum atomic E-state index is 5.77. The monoisotopic (exact) mass is 283 g/mol. The van der Waals surface area contributed by atoms with Crippen molar-refractivity contribution in [3.63, 3.8) is 0 Å². The molecule has 2 nitrogen and oxygen atoms in total. The van der Waals surface area contributed by atoms with Crippen LogP contribution in [0.5, 0.6) is 0 Å². The fourth-order valence-electron chi connectivity index (χ4n) is 2.00. The minimum atomic E-state index is -1.17. The third kappa shape index (κ3) is 4.51. The molecule has 0 aliphatic carbocycles. The van der Waals surface area contributed by atoms with Gasteiger partial charge in [-0.2, -0.15) is 0 Å². The highest BCUT2D eigenvalue weighted by Crippen LogP contribution is 2.62. The first-order valence-corrected chi connectivity index (χ1v) is 8.98. The minimum absolute atomic E-state index is 0.170. The number of nitrogens with one attached hydrogen (secondary N) is 1. The summed E-state index contributed by atoms with van der Waals surface area (Å²) in [4.78, 5) is 1.31. The zero-order valence-corrected chi connectivity index (χ0v) is 13.8. The van der Waals surface area contributed by atoms with E-state index in [1.807, 2.05) is 13.2 Å². The third-order valence-electron chi connectivity index (χ3n) is 3.65. The Morgan fingerprint density at radius 2 is 1.58 bits per heavy atom. The molecule has 1 aromatic carbocycles. The van der Waals surface area contributed by atoms with Gasteiger partial charge in [-0.05, 0) is 44.3 Å². The fraction of sp³-hybridized carbons (Fsp3) is 0.625. The molecular formula is C16H29NOS. The van der Waals surface area contributed by atoms with Crippen LogP contribution in [0.4, 0.5) is 0 Å². The second-order valence-corrected chi connectivity index (χ2v) is 9.61. The predicted octanol–water partition coefficient (Wildman–Crippen LogP) is 4.21. The van der Waals surface area contributed by atoms with Crippen LogP contribution in [-0.4, -0.2) is 31.2 Å². The molecular weight excluding hydrogens is 254 g/mol. The van der Waals surface area contributed by atoms with Crippen LogP contribution in [0.15, 0.2) is 35.2 Å². The average molecular weight is 283 g/mol. The summed E-state index contributed by atoms with van der Waals surface area (Å²) in [7, 11) is 0.641. The van der Waals surface area contributed by atoms with Gasteiger partial charge in [-0.3, -0.25) is 0 Å². The lowest BCUT2D eigenvalue weighted by molar-refractivity contribution is 0.448. The Kier molecular flexibility index (Phi) is 6.37. The maximum Gasteiger partial charge on any atom is 0.0486 e. The smallest absolute Gasteiger partial charge is 0.0486 e. The van der Waals surface area contributed by atoms with Gasteiger partial charge in [-0.15, -0.1) is 10.3 Å². The predicted molar refractivity (Wildman–Crippen MR) is 87.1 cm³/mol. The van der Waals surface area contributed by atoms with Crippen molar-refractivity contribution in [1.29, 1.82) is 0 Å². The Hall–Kier alpha value is -0.510. The standard InChI is InChI=1S/C12H20OS.C4H9N/c1-12(2,3)14(5,13-4)11-9-7-6-8-10-11;1-2-4-5-3-1/h6-10H,1-5H3;5H,1-4H2. The molecule has 19 heavy (non-hydrogen) atoms. The molecule has 3 heteroatoms. The Morgan fingerprint density at radius 1 is 1.05 bits per heavy atom. The molecule has 0 bridgehead atoms. The highest BCUT2D eigenvalue weighted by Gasteiger charge is 2.33. The molecule has 0 saturated carbocycles. The van der Waals surface area contributed by atoms with E-state index < -0.39 is 10.3 Å². The van der Waals surface area contributed by atoms with Crippen LogP contribution in [0.1, 0.15) is 33.6 Å². The second-order valence-electron chi connectivity index (χ2n) is 5.89. The molecule has 0 radical (unpaired) electrons. The van der Waals surface area contributed by atoms with Gasteiger partial charge in [0.2, 0.25) is 0 Å². The summed E-state index contributed by atoms with van der Waals surface area (Å²) in [6.45, 7) is 9.20. The topological polar surface area (TPSA) is 21.3 Å². The van der Waals surface area contributed by atoms with Gasteiger partial charge >= 0.3 is 0 Å². The first kappa shape index (κ1) is 16.5. The molecule has 0 spiro atoms. The Bertz CT molecular complexity index is 349. The second kappa shape index (κ2) is 7.32. The minimum Gasteiger partial charge on any atom is -0.335 e. The molecule has 1 fully saturated rings. The SMILES string of the molecule is C1CCNC1.COS(C)(c1ccccc1)C(C)(C)C. The highest BCUT2D eigenvalue weighted by atomic mass is 32.3. The first-order chi connectivity index (χ1) is 8.92. The molecule has 110 valence electrons. The van der Waals surface area contributed by atoms with Crippen molar-refractivity contribution >= 4 is 10.3 Å². The summed E-state index contributed by atoms with van der Waals surface area (Å²) in [6, 6.07) is 10.5. The molecule has 1 saturated heterocycles. The van der Waals surface area contributed by atoms with Crippen LogP contribution < -0.4 is 5.32 Å². The summed E-state index contributed by atoms with van der Waals surface area (Å²) < 4.78 is 5.94. The molecule has 1 unspecified atom stereocenters. The van der Waals surface area contributed by atoms with Gasteiger partial charge in [0.15, 0.2) is 0 Å². The van der Waals surface area contributed by atoms with Gasteiger partial charge in [0.05, 0.1) is 0 Å². The van der Waals surface area contributed by atoms with Crippen molar-refractivity contribution in [3.05, 3.63) is 30.3 Å². The molecule has 1 aliphatic heterocycles. The summed E-state index contributed by atoms with van der Waals surface area (Å²) in [6.07, 6.45) is 5.00. The summed E-state index contributed by atoms with van der Waals surface area (Å²) in [5.74, 6) is 0. The average Bonchev–Trinajstić information content (AvgIpc) is 2.96. The van der Waals surface area contributed by atoms with E-state index in [2.05, 4.69) is 56.6 Å². The van der Waals surface area contributed by atoms with Crippen molar-refractivity contribution in [2.75, 3.05) is 26.5 Å². The van der Waals surface area contributed by atoms with E-state index >= 15 is 0 Å². The van der Waals surface area contributed by atoms with Crippen LogP contribution in [0.3, 0.4) is 0 Å². The Morgan fingerprint density at radius 3 is 1.89 bits per heavy atom. The third-order valence-corrected chi connectivity index (χ3v) is 7.83. The summed E-state index contributed by atoms with van der Waals surface area (Å²) >= 11 is 0. The maximum absolute atomic E-state index is 5.77. The van der Waals surface area contributed by atoms with Gasteiger partial charge in [0, 0.05) is 16.8 Å². The molecule has 1 aromatic rings. The fourth-order valence-corrected chi connectivity index (χ4v) is 4.08. The lowest BCUT2D eigenvalue weighted by Crippen LogP contribution is -2.25. The van der Waals surface area contributed by atoms with E-state index in [0.717, 1.165) is 0 Å². The van der Waals surface area contributed by atoms with E-state index in [-0.39, 0.29) is 4.75 Å². The van der Waals surface area contributed by atoms with Crippen molar-refractivity contribution in [2.24, 2.45) is 0 Å². The van der Waals surface area contributed by atoms with E-state index in [0.29, 0.717) is 0 Å². The first-order valence-electron chi connectivity index (χ1n) is 7.01. The van der Waals surface area contributed by atoms with Gasteiger partial charge in [-0.25, -0.2) is 0 Å². The number of hydrogen-bond donors (Lipinski definition) is 1. The van der Waals surface area contributed by atoms with Crippen LogP contribution in [0.2, 0.25) is 0 Å². The summed E-state index contributed by atoms with van der Waals surface area (Å²) in [5.41, 5.74) is 0. The molecule has 1 heterocycles. The zero-order valence-electron chi connectivity index (χ0n) is 13.0. The molecule has 1 N–H and O–H groups in total. The van der Waals surface area contributed by atoms with E-state index in [9.17, 15) is 0 Å².